The van der Waals surface area contributed by atoms with Crippen LogP contribution in [-0.4, -0.2) is 37.0 Å². The summed E-state index contributed by atoms with van der Waals surface area (Å²) in [5.74, 6) is -1.14. The van der Waals surface area contributed by atoms with Gasteiger partial charge in [-0.1, -0.05) is 12.1 Å². The number of carbonyl (C=O) groups excluding carboxylic acids is 2. The van der Waals surface area contributed by atoms with Gasteiger partial charge in [-0.25, -0.2) is 0 Å². The molecule has 0 saturated heterocycles. The predicted octanol–water partition coefficient (Wildman–Crippen LogP) is 4.92. The summed E-state index contributed by atoms with van der Waals surface area (Å²) in [5.41, 5.74) is 2.19. The van der Waals surface area contributed by atoms with Gasteiger partial charge in [-0.3, -0.25) is 14.5 Å². The first-order valence-electron chi connectivity index (χ1n) is 10.8. The number of benzene rings is 2. The molecule has 7 nitrogen and oxygen atoms in total. The SMILES string of the molecule is CCN(CC)c1ccc(N2C(=O)C(O)=C(C(=O)c3ccco3)C2c2cccc(OC)c2)cc1. The molecule has 1 aromatic heterocycles. The maximum Gasteiger partial charge on any atom is 0.294 e. The van der Waals surface area contributed by atoms with E-state index in [4.69, 9.17) is 9.15 Å². The number of hydrogen-bond donors (Lipinski definition) is 1. The van der Waals surface area contributed by atoms with E-state index < -0.39 is 23.5 Å². The lowest BCUT2D eigenvalue weighted by molar-refractivity contribution is -0.117. The van der Waals surface area contributed by atoms with Crippen molar-refractivity contribution in [3.8, 4) is 5.75 Å². The molecular weight excluding hydrogens is 420 g/mol. The van der Waals surface area contributed by atoms with Crippen molar-refractivity contribution in [2.45, 2.75) is 19.9 Å². The van der Waals surface area contributed by atoms with Crippen LogP contribution in [-0.2, 0) is 4.79 Å². The largest absolute Gasteiger partial charge is 0.503 e. The first kappa shape index (κ1) is 22.2. The van der Waals surface area contributed by atoms with E-state index >= 15 is 0 Å². The van der Waals surface area contributed by atoms with Crippen molar-refractivity contribution >= 4 is 23.1 Å². The molecular formula is C26H26N2O5. The van der Waals surface area contributed by atoms with E-state index in [2.05, 4.69) is 18.7 Å². The quantitative estimate of drug-likeness (QED) is 0.495. The Balaban J connectivity index is 1.82. The number of Topliss-reactive ketones (excluding diaryl/α,β-unsaturated/α-hetero) is 1. The van der Waals surface area contributed by atoms with Gasteiger partial charge in [0.2, 0.25) is 5.78 Å². The Morgan fingerprint density at radius 2 is 1.82 bits per heavy atom. The van der Waals surface area contributed by atoms with E-state index in [1.807, 2.05) is 24.3 Å². The molecule has 0 bridgehead atoms. The fourth-order valence-corrected chi connectivity index (χ4v) is 4.18. The lowest BCUT2D eigenvalue weighted by Crippen LogP contribution is -2.31. The summed E-state index contributed by atoms with van der Waals surface area (Å²) in [6.07, 6.45) is 1.38. The fourth-order valence-electron chi connectivity index (χ4n) is 4.18. The van der Waals surface area contributed by atoms with Crippen LogP contribution in [0.5, 0.6) is 5.75 Å². The Kier molecular flexibility index (Phi) is 6.22. The second-order valence-corrected chi connectivity index (χ2v) is 7.61. The summed E-state index contributed by atoms with van der Waals surface area (Å²) in [6.45, 7) is 5.87. The van der Waals surface area contributed by atoms with Crippen LogP contribution < -0.4 is 14.5 Å². The smallest absolute Gasteiger partial charge is 0.294 e. The third kappa shape index (κ3) is 3.98. The Morgan fingerprint density at radius 3 is 2.42 bits per heavy atom. The van der Waals surface area contributed by atoms with Gasteiger partial charge in [0.1, 0.15) is 5.75 Å². The molecule has 2 aromatic carbocycles. The number of carbonyl (C=O) groups is 2. The van der Waals surface area contributed by atoms with Crippen molar-refractivity contribution in [1.29, 1.82) is 0 Å². The first-order valence-corrected chi connectivity index (χ1v) is 10.8. The van der Waals surface area contributed by atoms with Gasteiger partial charge in [0.15, 0.2) is 11.5 Å². The molecule has 1 unspecified atom stereocenters. The second kappa shape index (κ2) is 9.24. The summed E-state index contributed by atoms with van der Waals surface area (Å²) < 4.78 is 10.6. The van der Waals surface area contributed by atoms with Crippen LogP contribution >= 0.6 is 0 Å². The number of aliphatic hydroxyl groups is 1. The molecule has 0 fully saturated rings. The Morgan fingerprint density at radius 1 is 1.09 bits per heavy atom. The first-order chi connectivity index (χ1) is 16.0. The van der Waals surface area contributed by atoms with E-state index in [0.717, 1.165) is 18.8 Å². The van der Waals surface area contributed by atoms with Crippen LogP contribution in [0.3, 0.4) is 0 Å². The van der Waals surface area contributed by atoms with Crippen LogP contribution in [0.2, 0.25) is 0 Å². The van der Waals surface area contributed by atoms with E-state index in [0.29, 0.717) is 17.0 Å². The molecule has 0 aliphatic carbocycles. The second-order valence-electron chi connectivity index (χ2n) is 7.61. The Bertz CT molecular complexity index is 1180. The molecule has 170 valence electrons. The summed E-state index contributed by atoms with van der Waals surface area (Å²) in [4.78, 5) is 30.2. The van der Waals surface area contributed by atoms with Gasteiger partial charge < -0.3 is 19.2 Å². The maximum atomic E-state index is 13.3. The standard InChI is InChI=1S/C26H26N2O5/c1-4-27(5-2)18-11-13-19(14-12-18)28-23(17-8-6-9-20(16-17)32-3)22(25(30)26(28)31)24(29)21-10-7-15-33-21/h6-16,23,30H,4-5H2,1-3H3. The average molecular weight is 447 g/mol. The predicted molar refractivity (Wildman–Crippen MR) is 126 cm³/mol. The number of hydrogen-bond acceptors (Lipinski definition) is 6. The summed E-state index contributed by atoms with van der Waals surface area (Å²) in [6, 6.07) is 16.9. The maximum absolute atomic E-state index is 13.3. The number of ketones is 1. The highest BCUT2D eigenvalue weighted by atomic mass is 16.5. The molecule has 0 saturated carbocycles. The van der Waals surface area contributed by atoms with Crippen molar-refractivity contribution in [2.75, 3.05) is 30.0 Å². The highest BCUT2D eigenvalue weighted by molar-refractivity contribution is 6.20. The fraction of sp³-hybridized carbons (Fsp3) is 0.231. The van der Waals surface area contributed by atoms with Gasteiger partial charge in [-0.15, -0.1) is 0 Å². The zero-order valence-corrected chi connectivity index (χ0v) is 18.8. The number of furan rings is 1. The lowest BCUT2D eigenvalue weighted by atomic mass is 9.94. The Hall–Kier alpha value is -4.00. The molecule has 3 aromatic rings. The highest BCUT2D eigenvalue weighted by Gasteiger charge is 2.45. The van der Waals surface area contributed by atoms with Gasteiger partial charge in [-0.2, -0.15) is 0 Å². The van der Waals surface area contributed by atoms with E-state index in [-0.39, 0.29) is 11.3 Å². The minimum absolute atomic E-state index is 0.0315. The molecule has 1 aliphatic rings. The van der Waals surface area contributed by atoms with Crippen LogP contribution in [0.4, 0.5) is 11.4 Å². The molecule has 0 spiro atoms. The number of amides is 1. The van der Waals surface area contributed by atoms with Gasteiger partial charge in [0.25, 0.3) is 5.91 Å². The number of rotatable bonds is 8. The molecule has 1 atom stereocenters. The molecule has 33 heavy (non-hydrogen) atoms. The van der Waals surface area contributed by atoms with E-state index in [9.17, 15) is 14.7 Å². The molecule has 4 rings (SSSR count). The zero-order valence-electron chi connectivity index (χ0n) is 18.8. The van der Waals surface area contributed by atoms with Crippen molar-refractivity contribution in [1.82, 2.24) is 0 Å². The molecule has 1 N–H and O–H groups in total. The molecule has 0 radical (unpaired) electrons. The van der Waals surface area contributed by atoms with Crippen LogP contribution in [0.1, 0.15) is 36.0 Å². The monoisotopic (exact) mass is 446 g/mol. The molecule has 7 heteroatoms. The molecule has 1 aliphatic heterocycles. The average Bonchev–Trinajstić information content (AvgIpc) is 3.47. The topological polar surface area (TPSA) is 83.2 Å². The van der Waals surface area contributed by atoms with Crippen LogP contribution in [0, 0.1) is 0 Å². The van der Waals surface area contributed by atoms with Gasteiger partial charge in [0.05, 0.1) is 25.0 Å². The van der Waals surface area contributed by atoms with Gasteiger partial charge >= 0.3 is 0 Å². The zero-order chi connectivity index (χ0) is 23.5. The number of nitrogens with zero attached hydrogens (tertiary/aromatic N) is 2. The number of ether oxygens (including phenoxy) is 1. The number of anilines is 2. The van der Waals surface area contributed by atoms with Crippen molar-refractivity contribution in [2.24, 2.45) is 0 Å². The minimum Gasteiger partial charge on any atom is -0.503 e. The third-order valence-corrected chi connectivity index (χ3v) is 5.86. The van der Waals surface area contributed by atoms with E-state index in [1.54, 1.807) is 37.4 Å². The lowest BCUT2D eigenvalue weighted by Gasteiger charge is -2.28. The van der Waals surface area contributed by atoms with Gasteiger partial charge in [0, 0.05) is 24.5 Å². The normalized spacial score (nSPS) is 15.8. The van der Waals surface area contributed by atoms with Crippen molar-refractivity contribution < 1.29 is 23.8 Å². The molecule has 2 heterocycles. The van der Waals surface area contributed by atoms with Crippen LogP contribution in [0.15, 0.2) is 82.7 Å². The molecule has 1 amide bonds. The van der Waals surface area contributed by atoms with Gasteiger partial charge in [-0.05, 0) is 67.9 Å². The summed E-state index contributed by atoms with van der Waals surface area (Å²) in [5, 5.41) is 10.8. The number of aliphatic hydroxyl groups excluding tert-OH is 1. The van der Waals surface area contributed by atoms with Crippen molar-refractivity contribution in [3.05, 3.63) is 89.6 Å². The number of methoxy groups -OCH3 is 1. The Labute approximate surface area is 192 Å². The van der Waals surface area contributed by atoms with E-state index in [1.165, 1.54) is 17.2 Å². The summed E-state index contributed by atoms with van der Waals surface area (Å²) >= 11 is 0. The summed E-state index contributed by atoms with van der Waals surface area (Å²) in [7, 11) is 1.55. The minimum atomic E-state index is -0.843. The van der Waals surface area contributed by atoms with Crippen molar-refractivity contribution in [3.63, 3.8) is 0 Å². The third-order valence-electron chi connectivity index (χ3n) is 5.86. The highest BCUT2D eigenvalue weighted by Crippen LogP contribution is 2.43. The van der Waals surface area contributed by atoms with Crippen LogP contribution in [0.25, 0.3) is 0 Å².